The van der Waals surface area contributed by atoms with Crippen molar-refractivity contribution in [1.29, 1.82) is 5.26 Å². The molecule has 2 aromatic carbocycles. The first-order chi connectivity index (χ1) is 11.2. The summed E-state index contributed by atoms with van der Waals surface area (Å²) in [5.41, 5.74) is 1.43. The number of carbonyl (C=O) groups is 1. The van der Waals surface area contributed by atoms with E-state index in [4.69, 9.17) is 0 Å². The molecule has 1 unspecified atom stereocenters. The Hall–Kier alpha value is -3.13. The van der Waals surface area contributed by atoms with Crippen molar-refractivity contribution in [3.8, 4) is 6.07 Å². The maximum atomic E-state index is 13.0. The molecule has 2 heterocycles. The third kappa shape index (κ3) is 1.92. The van der Waals surface area contributed by atoms with Crippen molar-refractivity contribution >= 4 is 16.7 Å². The molecule has 5 nitrogen and oxygen atoms in total. The molecule has 0 spiro atoms. The van der Waals surface area contributed by atoms with Crippen molar-refractivity contribution in [3.05, 3.63) is 65.7 Å². The molecule has 0 saturated carbocycles. The summed E-state index contributed by atoms with van der Waals surface area (Å²) >= 11 is 0. The first kappa shape index (κ1) is 13.5. The number of hydrogen-bond acceptors (Lipinski definition) is 3. The molecular weight excluding hydrogens is 288 g/mol. The summed E-state index contributed by atoms with van der Waals surface area (Å²) in [5.74, 6) is 0.655. The van der Waals surface area contributed by atoms with E-state index in [-0.39, 0.29) is 5.91 Å². The normalized spacial score (nSPS) is 16.6. The van der Waals surface area contributed by atoms with Crippen LogP contribution < -0.4 is 0 Å². The Morgan fingerprint density at radius 3 is 2.83 bits per heavy atom. The summed E-state index contributed by atoms with van der Waals surface area (Å²) in [6.45, 7) is 0.323. The number of rotatable bonds is 2. The maximum Gasteiger partial charge on any atom is 0.256 e. The summed E-state index contributed by atoms with van der Waals surface area (Å²) in [7, 11) is 1.88. The van der Waals surface area contributed by atoms with Gasteiger partial charge >= 0.3 is 0 Å². The molecule has 0 radical (unpaired) electrons. The van der Waals surface area contributed by atoms with E-state index in [9.17, 15) is 10.1 Å². The molecule has 3 aromatic rings. The van der Waals surface area contributed by atoms with Gasteiger partial charge in [0.15, 0.2) is 0 Å². The average molecular weight is 302 g/mol. The number of aromatic nitrogens is 2. The minimum atomic E-state index is -0.571. The lowest BCUT2D eigenvalue weighted by molar-refractivity contribution is 0.0740. The Morgan fingerprint density at radius 1 is 1.26 bits per heavy atom. The number of nitriles is 1. The van der Waals surface area contributed by atoms with Gasteiger partial charge in [0.2, 0.25) is 0 Å². The highest BCUT2D eigenvalue weighted by Gasteiger charge is 2.38. The third-order valence-electron chi connectivity index (χ3n) is 4.40. The molecule has 5 heteroatoms. The number of fused-ring (bicyclic) bond motifs is 3. The fraction of sp³-hybridized carbons (Fsp3) is 0.167. The molecule has 4 rings (SSSR count). The SMILES string of the molecule is Cn1ccnc1CN1C(=O)c2c(ccc3ccccc23)C1C#N. The van der Waals surface area contributed by atoms with Gasteiger partial charge in [-0.05, 0) is 10.8 Å². The molecule has 0 fully saturated rings. The fourth-order valence-electron chi connectivity index (χ4n) is 3.19. The molecule has 1 amide bonds. The Labute approximate surface area is 133 Å². The van der Waals surface area contributed by atoms with Crippen molar-refractivity contribution < 1.29 is 4.79 Å². The van der Waals surface area contributed by atoms with Crippen LogP contribution in [0.3, 0.4) is 0 Å². The van der Waals surface area contributed by atoms with Gasteiger partial charge in [-0.2, -0.15) is 5.26 Å². The van der Waals surface area contributed by atoms with Crippen molar-refractivity contribution in [2.75, 3.05) is 0 Å². The van der Waals surface area contributed by atoms with Gasteiger partial charge in [-0.3, -0.25) is 4.79 Å². The van der Waals surface area contributed by atoms with E-state index in [1.807, 2.05) is 54.2 Å². The predicted molar refractivity (Wildman–Crippen MR) is 85.4 cm³/mol. The Kier molecular flexibility index (Phi) is 2.91. The molecule has 0 bridgehead atoms. The largest absolute Gasteiger partial charge is 0.337 e. The van der Waals surface area contributed by atoms with Crippen LogP contribution in [0.1, 0.15) is 27.8 Å². The van der Waals surface area contributed by atoms with Crippen LogP contribution in [0.2, 0.25) is 0 Å². The van der Waals surface area contributed by atoms with E-state index in [1.54, 1.807) is 11.1 Å². The Bertz CT molecular complexity index is 967. The zero-order valence-electron chi connectivity index (χ0n) is 12.6. The lowest BCUT2D eigenvalue weighted by atomic mass is 9.98. The zero-order valence-corrected chi connectivity index (χ0v) is 12.6. The van der Waals surface area contributed by atoms with Gasteiger partial charge in [-0.25, -0.2) is 4.98 Å². The highest BCUT2D eigenvalue weighted by molar-refractivity contribution is 6.11. The van der Waals surface area contributed by atoms with E-state index < -0.39 is 6.04 Å². The minimum Gasteiger partial charge on any atom is -0.337 e. The lowest BCUT2D eigenvalue weighted by Gasteiger charge is -2.19. The van der Waals surface area contributed by atoms with Crippen molar-refractivity contribution in [2.45, 2.75) is 12.6 Å². The van der Waals surface area contributed by atoms with Crippen LogP contribution in [0.5, 0.6) is 0 Å². The van der Waals surface area contributed by atoms with Gasteiger partial charge in [0.1, 0.15) is 11.9 Å². The Morgan fingerprint density at radius 2 is 2.09 bits per heavy atom. The predicted octanol–water partition coefficient (Wildman–Crippen LogP) is 2.79. The standard InChI is InChI=1S/C18H14N4O/c1-21-9-8-20-16(21)11-22-15(10-19)14-7-6-12-4-2-3-5-13(12)17(14)18(22)23/h2-9,15H,11H2,1H3. The zero-order chi connectivity index (χ0) is 16.0. The summed E-state index contributed by atoms with van der Waals surface area (Å²) in [6, 6.07) is 13.3. The smallest absolute Gasteiger partial charge is 0.256 e. The quantitative estimate of drug-likeness (QED) is 0.731. The first-order valence-electron chi connectivity index (χ1n) is 7.39. The van der Waals surface area contributed by atoms with E-state index in [0.29, 0.717) is 12.1 Å². The highest BCUT2D eigenvalue weighted by Crippen LogP contribution is 2.38. The topological polar surface area (TPSA) is 61.9 Å². The molecular formula is C18H14N4O. The molecule has 112 valence electrons. The monoisotopic (exact) mass is 302 g/mol. The van der Waals surface area contributed by atoms with Gasteiger partial charge in [0.05, 0.1) is 18.2 Å². The number of nitrogens with zero attached hydrogens (tertiary/aromatic N) is 4. The highest BCUT2D eigenvalue weighted by atomic mass is 16.2. The molecule has 1 aliphatic heterocycles. The molecule has 1 aromatic heterocycles. The number of aryl methyl sites for hydroxylation is 1. The molecule has 1 aliphatic rings. The van der Waals surface area contributed by atoms with Crippen molar-refractivity contribution in [2.24, 2.45) is 7.05 Å². The fourth-order valence-corrected chi connectivity index (χ4v) is 3.19. The third-order valence-corrected chi connectivity index (χ3v) is 4.40. The summed E-state index contributed by atoms with van der Waals surface area (Å²) in [4.78, 5) is 18.8. The van der Waals surface area contributed by atoms with Crippen LogP contribution in [0.4, 0.5) is 0 Å². The van der Waals surface area contributed by atoms with Gasteiger partial charge in [-0.15, -0.1) is 0 Å². The molecule has 0 saturated heterocycles. The number of hydrogen-bond donors (Lipinski definition) is 0. The molecule has 23 heavy (non-hydrogen) atoms. The number of benzene rings is 2. The molecule has 1 atom stereocenters. The van der Waals surface area contributed by atoms with Crippen LogP contribution in [0.25, 0.3) is 10.8 Å². The maximum absolute atomic E-state index is 13.0. The van der Waals surface area contributed by atoms with E-state index in [1.165, 1.54) is 0 Å². The van der Waals surface area contributed by atoms with Gasteiger partial charge < -0.3 is 9.47 Å². The summed E-state index contributed by atoms with van der Waals surface area (Å²) in [5, 5.41) is 11.5. The van der Waals surface area contributed by atoms with Crippen LogP contribution >= 0.6 is 0 Å². The van der Waals surface area contributed by atoms with E-state index in [0.717, 1.165) is 22.2 Å². The number of carbonyl (C=O) groups excluding carboxylic acids is 1. The van der Waals surface area contributed by atoms with E-state index in [2.05, 4.69) is 11.1 Å². The number of amides is 1. The van der Waals surface area contributed by atoms with Crippen molar-refractivity contribution in [3.63, 3.8) is 0 Å². The summed E-state index contributed by atoms with van der Waals surface area (Å²) < 4.78 is 1.86. The second kappa shape index (κ2) is 4.96. The Balaban J connectivity index is 1.85. The molecule has 0 N–H and O–H groups in total. The van der Waals surface area contributed by atoms with Crippen LogP contribution in [0, 0.1) is 11.3 Å². The van der Waals surface area contributed by atoms with Crippen molar-refractivity contribution in [1.82, 2.24) is 14.5 Å². The van der Waals surface area contributed by atoms with Gasteiger partial charge in [-0.1, -0.05) is 36.4 Å². The van der Waals surface area contributed by atoms with Gasteiger partial charge in [0, 0.05) is 25.0 Å². The average Bonchev–Trinajstić information content (AvgIpc) is 3.10. The van der Waals surface area contributed by atoms with Crippen LogP contribution in [-0.2, 0) is 13.6 Å². The molecule has 0 aliphatic carbocycles. The van der Waals surface area contributed by atoms with Crippen LogP contribution in [0.15, 0.2) is 48.8 Å². The summed E-state index contributed by atoms with van der Waals surface area (Å²) in [6.07, 6.45) is 3.53. The number of imidazole rings is 1. The van der Waals surface area contributed by atoms with Crippen LogP contribution in [-0.4, -0.2) is 20.4 Å². The van der Waals surface area contributed by atoms with Gasteiger partial charge in [0.25, 0.3) is 5.91 Å². The van der Waals surface area contributed by atoms with E-state index >= 15 is 0 Å². The lowest BCUT2D eigenvalue weighted by Crippen LogP contribution is -2.28. The second-order valence-electron chi connectivity index (χ2n) is 5.67. The first-order valence-corrected chi connectivity index (χ1v) is 7.39. The minimum absolute atomic E-state index is 0.105. The second-order valence-corrected chi connectivity index (χ2v) is 5.67.